The van der Waals surface area contributed by atoms with Crippen molar-refractivity contribution < 1.29 is 9.50 Å². The van der Waals surface area contributed by atoms with Crippen molar-refractivity contribution >= 4 is 0 Å². The summed E-state index contributed by atoms with van der Waals surface area (Å²) in [5.74, 6) is 0.253. The van der Waals surface area contributed by atoms with Crippen LogP contribution in [0, 0.1) is 0 Å². The van der Waals surface area contributed by atoms with Gasteiger partial charge in [0.2, 0.25) is 0 Å². The van der Waals surface area contributed by atoms with Gasteiger partial charge in [0.1, 0.15) is 11.9 Å². The average Bonchev–Trinajstić information content (AvgIpc) is 2.02. The van der Waals surface area contributed by atoms with Crippen molar-refractivity contribution in [1.29, 1.82) is 0 Å². The minimum absolute atomic E-state index is 0.0251. The monoisotopic (exact) mass is 166 g/mol. The van der Waals surface area contributed by atoms with Crippen molar-refractivity contribution in [1.82, 2.24) is 0 Å². The fourth-order valence-corrected chi connectivity index (χ4v) is 1.59. The van der Waals surface area contributed by atoms with Gasteiger partial charge in [0, 0.05) is 5.92 Å². The number of phenolic OH excluding ortho intramolecular Hbond substituents is 1. The highest BCUT2D eigenvalue weighted by molar-refractivity contribution is 5.31. The number of hydrogen-bond acceptors (Lipinski definition) is 1. The Morgan fingerprint density at radius 2 is 2.17 bits per heavy atom. The first kappa shape index (κ1) is 7.59. The summed E-state index contributed by atoms with van der Waals surface area (Å²) in [7, 11) is 0. The largest absolute Gasteiger partial charge is 0.508 e. The molecule has 0 aromatic heterocycles. The van der Waals surface area contributed by atoms with Crippen LogP contribution in [0.15, 0.2) is 24.3 Å². The molecule has 1 aromatic rings. The zero-order valence-electron chi connectivity index (χ0n) is 6.70. The van der Waals surface area contributed by atoms with Crippen LogP contribution in [-0.4, -0.2) is 11.3 Å². The molecule has 0 radical (unpaired) electrons. The molecule has 2 atom stereocenters. The predicted molar refractivity (Wildman–Crippen MR) is 45.0 cm³/mol. The van der Waals surface area contributed by atoms with E-state index in [2.05, 4.69) is 0 Å². The molecule has 64 valence electrons. The predicted octanol–water partition coefficient (Wildman–Crippen LogP) is 2.61. The molecular weight excluding hydrogens is 155 g/mol. The molecular formula is C10H11FO. The number of hydrogen-bond donors (Lipinski definition) is 1. The van der Waals surface area contributed by atoms with Crippen LogP contribution in [0.5, 0.6) is 5.75 Å². The van der Waals surface area contributed by atoms with E-state index in [4.69, 9.17) is 5.11 Å². The Labute approximate surface area is 70.8 Å². The Bertz CT molecular complexity index is 285. The summed E-state index contributed by atoms with van der Waals surface area (Å²) >= 11 is 0. The molecule has 0 bridgehead atoms. The lowest BCUT2D eigenvalue weighted by Crippen LogP contribution is -2.24. The van der Waals surface area contributed by atoms with Gasteiger partial charge in [0.25, 0.3) is 0 Å². The zero-order chi connectivity index (χ0) is 8.55. The zero-order valence-corrected chi connectivity index (χ0v) is 6.70. The van der Waals surface area contributed by atoms with E-state index in [1.54, 1.807) is 18.2 Å². The van der Waals surface area contributed by atoms with Crippen molar-refractivity contribution in [2.45, 2.75) is 24.9 Å². The second-order valence-corrected chi connectivity index (χ2v) is 3.29. The summed E-state index contributed by atoms with van der Waals surface area (Å²) in [6.07, 6.45) is 0.872. The standard InChI is InChI=1S/C10H11FO/c11-10-5-4-9(10)7-2-1-3-8(12)6-7/h1-3,6,9-10,12H,4-5H2. The fourth-order valence-electron chi connectivity index (χ4n) is 1.59. The normalized spacial score (nSPS) is 28.1. The number of benzene rings is 1. The number of halogens is 1. The second kappa shape index (κ2) is 2.77. The van der Waals surface area contributed by atoms with Crippen molar-refractivity contribution in [2.75, 3.05) is 0 Å². The quantitative estimate of drug-likeness (QED) is 0.679. The Balaban J connectivity index is 2.22. The molecule has 1 aromatic carbocycles. The lowest BCUT2D eigenvalue weighted by atomic mass is 9.78. The summed E-state index contributed by atoms with van der Waals surface area (Å²) in [6.45, 7) is 0. The van der Waals surface area contributed by atoms with Gasteiger partial charge >= 0.3 is 0 Å². The maximum absolute atomic E-state index is 12.9. The maximum Gasteiger partial charge on any atom is 0.115 e. The first-order valence-corrected chi connectivity index (χ1v) is 4.20. The summed E-state index contributed by atoms with van der Waals surface area (Å²) in [5.41, 5.74) is 0.925. The summed E-state index contributed by atoms with van der Waals surface area (Å²) < 4.78 is 12.9. The minimum atomic E-state index is -0.702. The van der Waals surface area contributed by atoms with Crippen LogP contribution in [0.25, 0.3) is 0 Å². The molecule has 1 aliphatic rings. The molecule has 2 unspecified atom stereocenters. The topological polar surface area (TPSA) is 20.2 Å². The van der Waals surface area contributed by atoms with E-state index in [0.29, 0.717) is 6.42 Å². The second-order valence-electron chi connectivity index (χ2n) is 3.29. The number of aromatic hydroxyl groups is 1. The molecule has 1 aliphatic carbocycles. The van der Waals surface area contributed by atoms with E-state index >= 15 is 0 Å². The van der Waals surface area contributed by atoms with Crippen LogP contribution in [0.3, 0.4) is 0 Å². The molecule has 12 heavy (non-hydrogen) atoms. The van der Waals surface area contributed by atoms with Crippen LogP contribution in [0.1, 0.15) is 24.3 Å². The lowest BCUT2D eigenvalue weighted by molar-refractivity contribution is 0.170. The molecule has 1 saturated carbocycles. The van der Waals surface area contributed by atoms with Crippen LogP contribution in [-0.2, 0) is 0 Å². The molecule has 1 N–H and O–H groups in total. The van der Waals surface area contributed by atoms with Gasteiger partial charge in [-0.05, 0) is 30.5 Å². The molecule has 0 heterocycles. The van der Waals surface area contributed by atoms with E-state index in [9.17, 15) is 4.39 Å². The summed E-state index contributed by atoms with van der Waals surface area (Å²) in [5, 5.41) is 9.15. The van der Waals surface area contributed by atoms with Crippen LogP contribution in [0.4, 0.5) is 4.39 Å². The molecule has 0 aliphatic heterocycles. The van der Waals surface area contributed by atoms with Gasteiger partial charge in [-0.2, -0.15) is 0 Å². The molecule has 2 heteroatoms. The van der Waals surface area contributed by atoms with Crippen molar-refractivity contribution in [2.24, 2.45) is 0 Å². The first-order valence-electron chi connectivity index (χ1n) is 4.20. The van der Waals surface area contributed by atoms with Gasteiger partial charge in [-0.15, -0.1) is 0 Å². The van der Waals surface area contributed by atoms with E-state index in [1.165, 1.54) is 0 Å². The van der Waals surface area contributed by atoms with Gasteiger partial charge in [-0.3, -0.25) is 0 Å². The SMILES string of the molecule is Oc1cccc(C2CCC2F)c1. The van der Waals surface area contributed by atoms with Gasteiger partial charge in [0.05, 0.1) is 0 Å². The van der Waals surface area contributed by atoms with Crippen LogP contribution < -0.4 is 0 Å². The molecule has 1 fully saturated rings. The van der Waals surface area contributed by atoms with E-state index in [0.717, 1.165) is 12.0 Å². The highest BCUT2D eigenvalue weighted by Crippen LogP contribution is 2.39. The summed E-state index contributed by atoms with van der Waals surface area (Å²) in [6, 6.07) is 6.89. The fraction of sp³-hybridized carbons (Fsp3) is 0.400. The van der Waals surface area contributed by atoms with Crippen LogP contribution >= 0.6 is 0 Å². The number of rotatable bonds is 1. The van der Waals surface area contributed by atoms with Gasteiger partial charge in [-0.1, -0.05) is 12.1 Å². The third kappa shape index (κ3) is 1.17. The third-order valence-electron chi connectivity index (χ3n) is 2.49. The maximum atomic E-state index is 12.9. The Morgan fingerprint density at radius 1 is 1.33 bits per heavy atom. The minimum Gasteiger partial charge on any atom is -0.508 e. The smallest absolute Gasteiger partial charge is 0.115 e. The highest BCUT2D eigenvalue weighted by atomic mass is 19.1. The molecule has 2 rings (SSSR count). The molecule has 1 nitrogen and oxygen atoms in total. The van der Waals surface area contributed by atoms with Gasteiger partial charge in [-0.25, -0.2) is 4.39 Å². The molecule has 0 amide bonds. The van der Waals surface area contributed by atoms with Crippen LogP contribution in [0.2, 0.25) is 0 Å². The molecule has 0 spiro atoms. The lowest BCUT2D eigenvalue weighted by Gasteiger charge is -2.30. The van der Waals surface area contributed by atoms with E-state index in [1.807, 2.05) is 6.07 Å². The average molecular weight is 166 g/mol. The Hall–Kier alpha value is -1.05. The van der Waals surface area contributed by atoms with Crippen molar-refractivity contribution in [3.05, 3.63) is 29.8 Å². The van der Waals surface area contributed by atoms with E-state index in [-0.39, 0.29) is 11.7 Å². The Morgan fingerprint density at radius 3 is 2.67 bits per heavy atom. The number of phenols is 1. The highest BCUT2D eigenvalue weighted by Gasteiger charge is 2.31. The van der Waals surface area contributed by atoms with Crippen molar-refractivity contribution in [3.8, 4) is 5.75 Å². The van der Waals surface area contributed by atoms with Gasteiger partial charge in [0.15, 0.2) is 0 Å². The van der Waals surface area contributed by atoms with Crippen molar-refractivity contribution in [3.63, 3.8) is 0 Å². The Kier molecular flexibility index (Phi) is 1.75. The third-order valence-corrected chi connectivity index (χ3v) is 2.49. The molecule has 0 saturated heterocycles. The van der Waals surface area contributed by atoms with Gasteiger partial charge < -0.3 is 5.11 Å². The first-order chi connectivity index (χ1) is 5.77. The van der Waals surface area contributed by atoms with E-state index < -0.39 is 6.17 Å². The number of alkyl halides is 1. The summed E-state index contributed by atoms with van der Waals surface area (Å²) in [4.78, 5) is 0.